The van der Waals surface area contributed by atoms with Crippen LogP contribution in [0.5, 0.6) is 0 Å². The predicted octanol–water partition coefficient (Wildman–Crippen LogP) is 4.80. The minimum absolute atomic E-state index is 0.0768. The standard InChI is InChI=1S/C19H17F3N2O4.C2H6/c1-28-16-4-2-3-14(11-15(16)17(25)26)24-10-9-23(18(24)27)13-7-5-12(6-8-13)19(20,21)22;1-2/h3-8,11H,2,9-10H2,1H3,(H,25,26);1-2H3. The summed E-state index contributed by atoms with van der Waals surface area (Å²) in [6.45, 7) is 4.54. The summed E-state index contributed by atoms with van der Waals surface area (Å²) >= 11 is 0. The molecule has 1 aromatic carbocycles. The lowest BCUT2D eigenvalue weighted by Gasteiger charge is -2.20. The van der Waals surface area contributed by atoms with Crippen LogP contribution in [0.1, 0.15) is 25.8 Å². The van der Waals surface area contributed by atoms with Crippen LogP contribution in [0.3, 0.4) is 0 Å². The van der Waals surface area contributed by atoms with Crippen LogP contribution in [0.2, 0.25) is 0 Å². The Morgan fingerprint density at radius 3 is 2.20 bits per heavy atom. The third-order valence-corrected chi connectivity index (χ3v) is 4.47. The number of urea groups is 1. The van der Waals surface area contributed by atoms with E-state index in [9.17, 15) is 27.9 Å². The fourth-order valence-corrected chi connectivity index (χ4v) is 3.07. The molecule has 0 unspecified atom stereocenters. The van der Waals surface area contributed by atoms with Crippen molar-refractivity contribution in [2.24, 2.45) is 0 Å². The molecule has 0 saturated carbocycles. The summed E-state index contributed by atoms with van der Waals surface area (Å²) in [4.78, 5) is 27.0. The second-order valence-corrected chi connectivity index (χ2v) is 6.13. The Morgan fingerprint density at radius 2 is 1.67 bits per heavy atom. The smallest absolute Gasteiger partial charge is 0.416 e. The molecule has 0 aromatic heterocycles. The van der Waals surface area contributed by atoms with Gasteiger partial charge in [0.05, 0.1) is 12.7 Å². The average molecular weight is 424 g/mol. The van der Waals surface area contributed by atoms with Gasteiger partial charge >= 0.3 is 18.2 Å². The normalized spacial score (nSPS) is 16.7. The van der Waals surface area contributed by atoms with Crippen LogP contribution < -0.4 is 4.90 Å². The summed E-state index contributed by atoms with van der Waals surface area (Å²) in [6.07, 6.45) is 0.577. The molecule has 30 heavy (non-hydrogen) atoms. The number of aliphatic carboxylic acids is 1. The third kappa shape index (κ3) is 4.84. The molecule has 1 aromatic rings. The maximum Gasteiger partial charge on any atom is 0.416 e. The average Bonchev–Trinajstić information content (AvgIpc) is 2.97. The number of alkyl halides is 3. The van der Waals surface area contributed by atoms with Crippen molar-refractivity contribution in [2.45, 2.75) is 26.4 Å². The van der Waals surface area contributed by atoms with E-state index in [1.807, 2.05) is 13.8 Å². The molecule has 1 aliphatic carbocycles. The van der Waals surface area contributed by atoms with E-state index in [1.165, 1.54) is 35.1 Å². The van der Waals surface area contributed by atoms with Crippen molar-refractivity contribution in [1.29, 1.82) is 0 Å². The molecule has 162 valence electrons. The first-order valence-corrected chi connectivity index (χ1v) is 9.38. The van der Waals surface area contributed by atoms with Crippen LogP contribution >= 0.6 is 0 Å². The number of methoxy groups -OCH3 is 1. The molecule has 9 heteroatoms. The van der Waals surface area contributed by atoms with Crippen LogP contribution in [0.4, 0.5) is 23.7 Å². The number of carbonyl (C=O) groups is 2. The van der Waals surface area contributed by atoms with E-state index in [-0.39, 0.29) is 24.4 Å². The second-order valence-electron chi connectivity index (χ2n) is 6.13. The Bertz CT molecular complexity index is 887. The Kier molecular flexibility index (Phi) is 7.31. The number of ether oxygens (including phenoxy) is 1. The zero-order chi connectivity index (χ0) is 22.5. The molecule has 3 rings (SSSR count). The van der Waals surface area contributed by atoms with E-state index in [2.05, 4.69) is 0 Å². The number of hydrogen-bond donors (Lipinski definition) is 1. The Morgan fingerprint density at radius 1 is 1.07 bits per heavy atom. The quantitative estimate of drug-likeness (QED) is 0.754. The maximum atomic E-state index is 12.8. The third-order valence-electron chi connectivity index (χ3n) is 4.47. The molecule has 1 aliphatic heterocycles. The minimum atomic E-state index is -4.45. The van der Waals surface area contributed by atoms with E-state index in [4.69, 9.17) is 4.74 Å². The highest BCUT2D eigenvalue weighted by Gasteiger charge is 2.34. The van der Waals surface area contributed by atoms with Crippen LogP contribution in [-0.2, 0) is 15.7 Å². The Balaban J connectivity index is 0.00000155. The fourth-order valence-electron chi connectivity index (χ4n) is 3.07. The lowest BCUT2D eigenvalue weighted by atomic mass is 10.2. The molecule has 0 spiro atoms. The zero-order valence-corrected chi connectivity index (χ0v) is 16.9. The molecule has 1 heterocycles. The second kappa shape index (κ2) is 9.51. The van der Waals surface area contributed by atoms with Crippen molar-refractivity contribution in [2.75, 3.05) is 25.1 Å². The highest BCUT2D eigenvalue weighted by atomic mass is 19.4. The summed E-state index contributed by atoms with van der Waals surface area (Å²) in [5.41, 5.74) is -0.126. The monoisotopic (exact) mass is 424 g/mol. The van der Waals surface area contributed by atoms with Gasteiger partial charge in [-0.1, -0.05) is 19.9 Å². The number of nitrogens with zero attached hydrogens (tertiary/aromatic N) is 2. The van der Waals surface area contributed by atoms with Crippen molar-refractivity contribution in [3.63, 3.8) is 0 Å². The van der Waals surface area contributed by atoms with Gasteiger partial charge < -0.3 is 9.84 Å². The summed E-state index contributed by atoms with van der Waals surface area (Å²) in [5.74, 6) is -0.989. The van der Waals surface area contributed by atoms with Crippen molar-refractivity contribution >= 4 is 17.7 Å². The van der Waals surface area contributed by atoms with E-state index in [0.29, 0.717) is 17.8 Å². The van der Waals surface area contributed by atoms with Crippen LogP contribution in [-0.4, -0.2) is 42.2 Å². The molecular weight excluding hydrogens is 401 g/mol. The number of rotatable bonds is 4. The van der Waals surface area contributed by atoms with E-state index in [0.717, 1.165) is 12.1 Å². The van der Waals surface area contributed by atoms with Gasteiger partial charge in [0.2, 0.25) is 0 Å². The zero-order valence-electron chi connectivity index (χ0n) is 16.9. The SMILES string of the molecule is CC.COC1=CCC=C(N2CCN(c3ccc(C(F)(F)F)cc3)C2=O)C=C1C(=O)O. The van der Waals surface area contributed by atoms with Crippen molar-refractivity contribution in [1.82, 2.24) is 4.90 Å². The van der Waals surface area contributed by atoms with Crippen LogP contribution in [0.25, 0.3) is 0 Å². The van der Waals surface area contributed by atoms with Crippen molar-refractivity contribution in [3.8, 4) is 0 Å². The summed E-state index contributed by atoms with van der Waals surface area (Å²) < 4.78 is 43.2. The van der Waals surface area contributed by atoms with Gasteiger partial charge in [0.25, 0.3) is 0 Å². The fraction of sp³-hybridized carbons (Fsp3) is 0.333. The number of hydrogen-bond acceptors (Lipinski definition) is 3. The van der Waals surface area contributed by atoms with E-state index in [1.54, 1.807) is 12.2 Å². The lowest BCUT2D eigenvalue weighted by Crippen LogP contribution is -2.31. The van der Waals surface area contributed by atoms with Gasteiger partial charge in [0, 0.05) is 24.5 Å². The maximum absolute atomic E-state index is 12.8. The topological polar surface area (TPSA) is 70.1 Å². The first-order chi connectivity index (χ1) is 14.2. The van der Waals surface area contributed by atoms with E-state index < -0.39 is 23.7 Å². The number of allylic oxidation sites excluding steroid dienone is 3. The molecule has 1 N–H and O–H groups in total. The van der Waals surface area contributed by atoms with Crippen LogP contribution in [0, 0.1) is 0 Å². The lowest BCUT2D eigenvalue weighted by molar-refractivity contribution is -0.137. The molecular formula is C21H23F3N2O4. The minimum Gasteiger partial charge on any atom is -0.496 e. The highest BCUT2D eigenvalue weighted by molar-refractivity contribution is 5.96. The van der Waals surface area contributed by atoms with Gasteiger partial charge in [0.15, 0.2) is 0 Å². The number of amides is 2. The molecule has 6 nitrogen and oxygen atoms in total. The Hall–Kier alpha value is -3.23. The molecule has 1 fully saturated rings. The number of benzene rings is 1. The number of halogens is 3. The number of anilines is 1. The summed E-state index contributed by atoms with van der Waals surface area (Å²) in [6, 6.07) is 3.90. The van der Waals surface area contributed by atoms with Crippen molar-refractivity contribution in [3.05, 3.63) is 65.1 Å². The van der Waals surface area contributed by atoms with Crippen molar-refractivity contribution < 1.29 is 32.6 Å². The van der Waals surface area contributed by atoms with Gasteiger partial charge in [-0.3, -0.25) is 9.80 Å². The Labute approximate surface area is 172 Å². The number of carboxylic acid groups (broad SMARTS) is 1. The number of carbonyl (C=O) groups excluding carboxylic acids is 1. The summed E-state index contributed by atoms with van der Waals surface area (Å²) in [7, 11) is 1.36. The van der Waals surface area contributed by atoms with Gasteiger partial charge in [-0.2, -0.15) is 13.2 Å². The molecule has 2 amide bonds. The first-order valence-electron chi connectivity index (χ1n) is 9.38. The number of carboxylic acids is 1. The molecule has 0 atom stereocenters. The molecule has 1 saturated heterocycles. The molecule has 2 aliphatic rings. The van der Waals surface area contributed by atoms with Gasteiger partial charge in [0.1, 0.15) is 11.3 Å². The highest BCUT2D eigenvalue weighted by Crippen LogP contribution is 2.32. The van der Waals surface area contributed by atoms with Gasteiger partial charge in [-0.25, -0.2) is 9.59 Å². The largest absolute Gasteiger partial charge is 0.496 e. The molecule has 0 bridgehead atoms. The summed E-state index contributed by atoms with van der Waals surface area (Å²) in [5, 5.41) is 9.39. The van der Waals surface area contributed by atoms with Gasteiger partial charge in [-0.05, 0) is 42.8 Å². The van der Waals surface area contributed by atoms with E-state index >= 15 is 0 Å². The van der Waals surface area contributed by atoms with Gasteiger partial charge in [-0.15, -0.1) is 0 Å². The van der Waals surface area contributed by atoms with Crippen LogP contribution in [0.15, 0.2) is 59.5 Å². The molecule has 0 radical (unpaired) electrons. The predicted molar refractivity (Wildman–Crippen MR) is 106 cm³/mol. The first kappa shape index (κ1) is 23.1.